The zero-order chi connectivity index (χ0) is 22.7. The fourth-order valence-corrected chi connectivity index (χ4v) is 4.45. The highest BCUT2D eigenvalue weighted by atomic mass is 35.5. The van der Waals surface area contributed by atoms with E-state index < -0.39 is 18.1 Å². The first kappa shape index (κ1) is 22.2. The van der Waals surface area contributed by atoms with E-state index in [1.807, 2.05) is 36.4 Å². The molecule has 5 nitrogen and oxygen atoms in total. The Morgan fingerprint density at radius 1 is 0.938 bits per heavy atom. The maximum atomic E-state index is 12.5. The van der Waals surface area contributed by atoms with E-state index in [0.717, 1.165) is 27.8 Å². The van der Waals surface area contributed by atoms with Crippen LogP contribution in [-0.2, 0) is 16.0 Å². The average molecular weight is 469 g/mol. The van der Waals surface area contributed by atoms with Crippen molar-refractivity contribution in [2.24, 2.45) is 0 Å². The van der Waals surface area contributed by atoms with Crippen LogP contribution in [0.2, 0.25) is 10.0 Å². The van der Waals surface area contributed by atoms with Gasteiger partial charge in [-0.25, -0.2) is 4.79 Å². The van der Waals surface area contributed by atoms with Crippen molar-refractivity contribution in [1.29, 1.82) is 0 Å². The molecule has 1 amide bonds. The number of nitrogens with one attached hydrogen (secondary N) is 1. The summed E-state index contributed by atoms with van der Waals surface area (Å²) in [5, 5.41) is 14.6. The number of benzene rings is 3. The van der Waals surface area contributed by atoms with Gasteiger partial charge >= 0.3 is 6.09 Å². The molecule has 3 aromatic rings. The van der Waals surface area contributed by atoms with E-state index in [2.05, 4.69) is 17.4 Å². The van der Waals surface area contributed by atoms with Crippen molar-refractivity contribution in [3.05, 3.63) is 93.5 Å². The first-order valence-corrected chi connectivity index (χ1v) is 10.9. The van der Waals surface area contributed by atoms with Crippen LogP contribution in [0.3, 0.4) is 0 Å². The summed E-state index contributed by atoms with van der Waals surface area (Å²) in [7, 11) is 0. The molecule has 0 radical (unpaired) electrons. The Morgan fingerprint density at radius 2 is 1.56 bits per heavy atom. The normalized spacial score (nSPS) is 13.2. The Bertz CT molecular complexity index is 1120. The predicted molar refractivity (Wildman–Crippen MR) is 122 cm³/mol. The number of alkyl carbamates (subject to hydrolysis) is 1. The molecule has 4 rings (SSSR count). The molecule has 0 saturated heterocycles. The molecular formula is C25H20Cl2NO4-. The standard InChI is InChI=1S/C25H21Cl2NO4/c26-22-10-9-15(12-23(22)27)11-16(13-24(29)30)28-25(31)32-14-21-19-7-3-1-5-17(19)18-6-2-4-8-20(18)21/h1-10,12,16,21H,11,13-14H2,(H,28,31)(H,29,30)/p-1/t16-/m1/s1. The smallest absolute Gasteiger partial charge is 0.407 e. The quantitative estimate of drug-likeness (QED) is 0.550. The molecule has 0 bridgehead atoms. The van der Waals surface area contributed by atoms with Crippen LogP contribution in [0, 0.1) is 0 Å². The van der Waals surface area contributed by atoms with Gasteiger partial charge in [0.1, 0.15) is 6.61 Å². The molecule has 0 unspecified atom stereocenters. The second-order valence-corrected chi connectivity index (χ2v) is 8.51. The van der Waals surface area contributed by atoms with Crippen molar-refractivity contribution in [2.45, 2.75) is 24.8 Å². The number of carboxylic acid groups (broad SMARTS) is 1. The summed E-state index contributed by atoms with van der Waals surface area (Å²) in [6.07, 6.45) is -0.794. The maximum Gasteiger partial charge on any atom is 0.407 e. The molecule has 0 fully saturated rings. The molecular weight excluding hydrogens is 449 g/mol. The molecule has 7 heteroatoms. The number of amides is 1. The van der Waals surface area contributed by atoms with E-state index in [1.165, 1.54) is 0 Å². The molecule has 164 valence electrons. The van der Waals surface area contributed by atoms with Gasteiger partial charge in [0.2, 0.25) is 0 Å². The molecule has 0 saturated carbocycles. The van der Waals surface area contributed by atoms with Gasteiger partial charge in [-0.05, 0) is 46.4 Å². The van der Waals surface area contributed by atoms with Gasteiger partial charge in [0.05, 0.1) is 10.0 Å². The van der Waals surface area contributed by atoms with Crippen LogP contribution < -0.4 is 10.4 Å². The van der Waals surface area contributed by atoms with Crippen molar-refractivity contribution in [1.82, 2.24) is 5.32 Å². The Balaban J connectivity index is 1.43. The van der Waals surface area contributed by atoms with E-state index in [9.17, 15) is 14.7 Å². The van der Waals surface area contributed by atoms with E-state index >= 15 is 0 Å². The van der Waals surface area contributed by atoms with Gasteiger partial charge in [-0.3, -0.25) is 0 Å². The molecule has 1 aliphatic rings. The first-order valence-electron chi connectivity index (χ1n) is 10.2. The zero-order valence-electron chi connectivity index (χ0n) is 17.0. The lowest BCUT2D eigenvalue weighted by molar-refractivity contribution is -0.306. The summed E-state index contributed by atoms with van der Waals surface area (Å²) < 4.78 is 5.52. The van der Waals surface area contributed by atoms with Crippen LogP contribution >= 0.6 is 23.2 Å². The maximum absolute atomic E-state index is 12.5. The number of ether oxygens (including phenoxy) is 1. The monoisotopic (exact) mass is 468 g/mol. The lowest BCUT2D eigenvalue weighted by Crippen LogP contribution is -2.41. The highest BCUT2D eigenvalue weighted by Crippen LogP contribution is 2.44. The number of halogens is 2. The lowest BCUT2D eigenvalue weighted by atomic mass is 9.98. The van der Waals surface area contributed by atoms with Gasteiger partial charge in [0, 0.05) is 24.3 Å². The van der Waals surface area contributed by atoms with Crippen LogP contribution in [0.5, 0.6) is 0 Å². The highest BCUT2D eigenvalue weighted by Gasteiger charge is 2.29. The first-order chi connectivity index (χ1) is 15.4. The fraction of sp³-hybridized carbons (Fsp3) is 0.200. The Hall–Kier alpha value is -3.02. The minimum Gasteiger partial charge on any atom is -0.550 e. The Kier molecular flexibility index (Phi) is 6.68. The molecule has 0 heterocycles. The molecule has 1 N–H and O–H groups in total. The van der Waals surface area contributed by atoms with Gasteiger partial charge in [0.25, 0.3) is 0 Å². The van der Waals surface area contributed by atoms with E-state index in [1.54, 1.807) is 18.2 Å². The number of hydrogen-bond donors (Lipinski definition) is 1. The van der Waals surface area contributed by atoms with Crippen molar-refractivity contribution < 1.29 is 19.4 Å². The number of fused-ring (bicyclic) bond motifs is 3. The van der Waals surface area contributed by atoms with Crippen molar-refractivity contribution in [3.8, 4) is 11.1 Å². The highest BCUT2D eigenvalue weighted by molar-refractivity contribution is 6.42. The predicted octanol–water partition coefficient (Wildman–Crippen LogP) is 4.58. The molecule has 1 atom stereocenters. The number of hydrogen-bond acceptors (Lipinski definition) is 4. The number of aliphatic carboxylic acids is 1. The van der Waals surface area contributed by atoms with Gasteiger partial charge in [0.15, 0.2) is 0 Å². The third-order valence-electron chi connectivity index (χ3n) is 5.54. The fourth-order valence-electron chi connectivity index (χ4n) is 4.13. The van der Waals surface area contributed by atoms with Crippen LogP contribution in [0.1, 0.15) is 29.0 Å². The van der Waals surface area contributed by atoms with E-state index in [-0.39, 0.29) is 25.4 Å². The van der Waals surface area contributed by atoms with Gasteiger partial charge < -0.3 is 20.0 Å². The number of carbonyl (C=O) groups excluding carboxylic acids is 2. The van der Waals surface area contributed by atoms with Crippen molar-refractivity contribution in [2.75, 3.05) is 6.61 Å². The zero-order valence-corrected chi connectivity index (χ0v) is 18.5. The summed E-state index contributed by atoms with van der Waals surface area (Å²) in [4.78, 5) is 23.7. The lowest BCUT2D eigenvalue weighted by Gasteiger charge is -2.21. The largest absolute Gasteiger partial charge is 0.550 e. The third-order valence-corrected chi connectivity index (χ3v) is 6.28. The van der Waals surface area contributed by atoms with Gasteiger partial charge in [-0.1, -0.05) is 77.8 Å². The Morgan fingerprint density at radius 3 is 2.16 bits per heavy atom. The minimum absolute atomic E-state index is 0.0807. The Labute approximate surface area is 195 Å². The van der Waals surface area contributed by atoms with E-state index in [0.29, 0.717) is 10.0 Å². The van der Waals surface area contributed by atoms with Crippen molar-refractivity contribution >= 4 is 35.3 Å². The minimum atomic E-state index is -1.27. The molecule has 3 aromatic carbocycles. The molecule has 0 aliphatic heterocycles. The van der Waals surface area contributed by atoms with E-state index in [4.69, 9.17) is 27.9 Å². The van der Waals surface area contributed by atoms with Crippen LogP contribution in [0.15, 0.2) is 66.7 Å². The average Bonchev–Trinajstić information content (AvgIpc) is 3.08. The van der Waals surface area contributed by atoms with Crippen molar-refractivity contribution in [3.63, 3.8) is 0 Å². The number of carboxylic acids is 1. The summed E-state index contributed by atoms with van der Waals surface area (Å²) in [5.74, 6) is -1.35. The third kappa shape index (κ3) is 4.90. The van der Waals surface area contributed by atoms with Crippen LogP contribution in [0.4, 0.5) is 4.79 Å². The summed E-state index contributed by atoms with van der Waals surface area (Å²) in [5.41, 5.74) is 5.20. The summed E-state index contributed by atoms with van der Waals surface area (Å²) in [6, 6.07) is 20.4. The van der Waals surface area contributed by atoms with Crippen LogP contribution in [0.25, 0.3) is 11.1 Å². The van der Waals surface area contributed by atoms with Crippen LogP contribution in [-0.4, -0.2) is 24.7 Å². The second-order valence-electron chi connectivity index (χ2n) is 7.70. The SMILES string of the molecule is O=C([O-])C[C@@H](Cc1ccc(Cl)c(Cl)c1)NC(=O)OCC1c2ccccc2-c2ccccc21. The molecule has 0 spiro atoms. The molecule has 0 aromatic heterocycles. The topological polar surface area (TPSA) is 78.5 Å². The van der Waals surface area contributed by atoms with Gasteiger partial charge in [-0.2, -0.15) is 0 Å². The molecule has 32 heavy (non-hydrogen) atoms. The number of rotatable bonds is 7. The summed E-state index contributed by atoms with van der Waals surface area (Å²) >= 11 is 12.0. The number of carbonyl (C=O) groups is 2. The summed E-state index contributed by atoms with van der Waals surface area (Å²) in [6.45, 7) is 0.144. The molecule has 1 aliphatic carbocycles. The van der Waals surface area contributed by atoms with Gasteiger partial charge in [-0.15, -0.1) is 0 Å². The second kappa shape index (κ2) is 9.63.